The van der Waals surface area contributed by atoms with Crippen molar-refractivity contribution in [3.05, 3.63) is 54.1 Å². The first-order valence-corrected chi connectivity index (χ1v) is 4.86. The Bertz CT molecular complexity index is 558. The highest BCUT2D eigenvalue weighted by Crippen LogP contribution is 2.13. The third-order valence-corrected chi connectivity index (χ3v) is 2.07. The summed E-state index contributed by atoms with van der Waals surface area (Å²) in [5, 5.41) is 11.7. The molecule has 1 aromatic carbocycles. The molecule has 1 aromatic heterocycles. The summed E-state index contributed by atoms with van der Waals surface area (Å²) < 4.78 is 12.9. The second-order valence-electron chi connectivity index (χ2n) is 3.40. The number of nitrogens with zero attached hydrogens (tertiary/aromatic N) is 1. The molecular weight excluding hydrogens is 223 g/mol. The number of aromatic hydroxyl groups is 1. The van der Waals surface area contributed by atoms with Gasteiger partial charge in [-0.25, -0.2) is 4.39 Å². The van der Waals surface area contributed by atoms with Crippen molar-refractivity contribution in [3.63, 3.8) is 0 Å². The molecule has 2 aromatic rings. The minimum absolute atomic E-state index is 0.100. The van der Waals surface area contributed by atoms with Gasteiger partial charge in [-0.2, -0.15) is 0 Å². The van der Waals surface area contributed by atoms with E-state index < -0.39 is 11.7 Å². The molecule has 0 fully saturated rings. The fourth-order valence-corrected chi connectivity index (χ4v) is 1.32. The summed E-state index contributed by atoms with van der Waals surface area (Å²) in [6.07, 6.45) is 2.54. The van der Waals surface area contributed by atoms with Crippen molar-refractivity contribution in [3.8, 4) is 5.75 Å². The number of carbonyl (C=O) groups excluding carboxylic acids is 1. The molecule has 17 heavy (non-hydrogen) atoms. The number of pyridine rings is 1. The Hall–Kier alpha value is -2.43. The van der Waals surface area contributed by atoms with Gasteiger partial charge in [0.2, 0.25) is 0 Å². The molecule has 0 radical (unpaired) electrons. The maximum Gasteiger partial charge on any atom is 0.257 e. The quantitative estimate of drug-likeness (QED) is 0.834. The van der Waals surface area contributed by atoms with Gasteiger partial charge in [-0.15, -0.1) is 0 Å². The Morgan fingerprint density at radius 1 is 1.29 bits per heavy atom. The molecule has 0 aliphatic rings. The maximum absolute atomic E-state index is 12.9. The number of carbonyl (C=O) groups is 1. The Morgan fingerprint density at radius 2 is 2.12 bits per heavy atom. The summed E-state index contributed by atoms with van der Waals surface area (Å²) in [4.78, 5) is 15.4. The lowest BCUT2D eigenvalue weighted by Crippen LogP contribution is -2.12. The van der Waals surface area contributed by atoms with Gasteiger partial charge in [0.05, 0.1) is 11.8 Å². The number of hydrogen-bond acceptors (Lipinski definition) is 3. The fraction of sp³-hybridized carbons (Fsp3) is 0. The van der Waals surface area contributed by atoms with Gasteiger partial charge in [-0.05, 0) is 24.3 Å². The molecule has 2 N–H and O–H groups in total. The van der Waals surface area contributed by atoms with Crippen molar-refractivity contribution < 1.29 is 14.3 Å². The number of amides is 1. The van der Waals surface area contributed by atoms with E-state index >= 15 is 0 Å². The Morgan fingerprint density at radius 3 is 2.82 bits per heavy atom. The molecule has 0 saturated carbocycles. The largest absolute Gasteiger partial charge is 0.506 e. The van der Waals surface area contributed by atoms with Crippen LogP contribution in [0.3, 0.4) is 0 Å². The summed E-state index contributed by atoms with van der Waals surface area (Å²) in [6, 6.07) is 6.82. The van der Waals surface area contributed by atoms with E-state index in [4.69, 9.17) is 5.11 Å². The average molecular weight is 232 g/mol. The van der Waals surface area contributed by atoms with Gasteiger partial charge < -0.3 is 10.4 Å². The van der Waals surface area contributed by atoms with E-state index in [2.05, 4.69) is 10.3 Å². The molecule has 86 valence electrons. The van der Waals surface area contributed by atoms with Crippen LogP contribution in [0.5, 0.6) is 5.75 Å². The lowest BCUT2D eigenvalue weighted by molar-refractivity contribution is 0.102. The number of benzene rings is 1. The Kier molecular flexibility index (Phi) is 3.00. The highest BCUT2D eigenvalue weighted by atomic mass is 19.1. The van der Waals surface area contributed by atoms with Crippen molar-refractivity contribution in [1.82, 2.24) is 4.98 Å². The minimum Gasteiger partial charge on any atom is -0.506 e. The zero-order valence-corrected chi connectivity index (χ0v) is 8.72. The van der Waals surface area contributed by atoms with E-state index in [9.17, 15) is 9.18 Å². The number of rotatable bonds is 2. The molecule has 0 bridgehead atoms. The highest BCUT2D eigenvalue weighted by molar-refractivity contribution is 6.04. The van der Waals surface area contributed by atoms with E-state index in [1.54, 1.807) is 6.07 Å². The van der Waals surface area contributed by atoms with Crippen LogP contribution in [0.1, 0.15) is 10.4 Å². The molecule has 2 rings (SSSR count). The number of halogens is 1. The summed E-state index contributed by atoms with van der Waals surface area (Å²) >= 11 is 0. The predicted molar refractivity (Wildman–Crippen MR) is 60.3 cm³/mol. The SMILES string of the molecule is O=C(Nc1cccc(F)c1)c1cncc(O)c1. The number of nitrogens with one attached hydrogen (secondary N) is 1. The summed E-state index contributed by atoms with van der Waals surface area (Å²) in [5.41, 5.74) is 0.549. The molecule has 0 atom stereocenters. The zero-order valence-electron chi connectivity index (χ0n) is 8.72. The lowest BCUT2D eigenvalue weighted by atomic mass is 10.2. The second kappa shape index (κ2) is 4.61. The van der Waals surface area contributed by atoms with E-state index in [1.807, 2.05) is 0 Å². The molecule has 4 nitrogen and oxygen atoms in total. The Labute approximate surface area is 96.7 Å². The number of aromatic nitrogens is 1. The van der Waals surface area contributed by atoms with Crippen molar-refractivity contribution in [2.24, 2.45) is 0 Å². The molecule has 0 unspecified atom stereocenters. The van der Waals surface area contributed by atoms with Gasteiger partial charge in [0.25, 0.3) is 5.91 Å². The van der Waals surface area contributed by atoms with Crippen molar-refractivity contribution in [2.75, 3.05) is 5.32 Å². The van der Waals surface area contributed by atoms with Gasteiger partial charge >= 0.3 is 0 Å². The first-order chi connectivity index (χ1) is 8.15. The van der Waals surface area contributed by atoms with Gasteiger partial charge in [-0.1, -0.05) is 6.07 Å². The molecule has 0 saturated heterocycles. The minimum atomic E-state index is -0.459. The molecule has 1 heterocycles. The topological polar surface area (TPSA) is 62.2 Å². The summed E-state index contributed by atoms with van der Waals surface area (Å²) in [6.45, 7) is 0. The van der Waals surface area contributed by atoms with Crippen LogP contribution in [-0.4, -0.2) is 16.0 Å². The van der Waals surface area contributed by atoms with Crippen LogP contribution in [0, 0.1) is 5.82 Å². The van der Waals surface area contributed by atoms with Crippen molar-refractivity contribution in [2.45, 2.75) is 0 Å². The van der Waals surface area contributed by atoms with Crippen LogP contribution in [0.15, 0.2) is 42.7 Å². The van der Waals surface area contributed by atoms with Crippen LogP contribution in [0.2, 0.25) is 0 Å². The van der Waals surface area contributed by atoms with Crippen LogP contribution >= 0.6 is 0 Å². The van der Waals surface area contributed by atoms with E-state index in [-0.39, 0.29) is 11.3 Å². The van der Waals surface area contributed by atoms with E-state index in [1.165, 1.54) is 36.7 Å². The van der Waals surface area contributed by atoms with E-state index in [0.29, 0.717) is 5.69 Å². The highest BCUT2D eigenvalue weighted by Gasteiger charge is 2.07. The second-order valence-corrected chi connectivity index (χ2v) is 3.40. The third-order valence-electron chi connectivity index (χ3n) is 2.07. The molecule has 0 aliphatic heterocycles. The average Bonchev–Trinajstić information content (AvgIpc) is 2.29. The fourth-order valence-electron chi connectivity index (χ4n) is 1.32. The summed E-state index contributed by atoms with van der Waals surface area (Å²) in [7, 11) is 0. The number of hydrogen-bond donors (Lipinski definition) is 2. The Balaban J connectivity index is 2.17. The number of anilines is 1. The van der Waals surface area contributed by atoms with Crippen LogP contribution in [-0.2, 0) is 0 Å². The molecule has 0 aliphatic carbocycles. The first kappa shape index (κ1) is 11.1. The van der Waals surface area contributed by atoms with Gasteiger partial charge in [0.15, 0.2) is 0 Å². The maximum atomic E-state index is 12.9. The summed E-state index contributed by atoms with van der Waals surface area (Å²) in [5.74, 6) is -0.993. The van der Waals surface area contributed by atoms with Crippen LogP contribution < -0.4 is 5.32 Å². The normalized spacial score (nSPS) is 9.94. The zero-order chi connectivity index (χ0) is 12.3. The van der Waals surface area contributed by atoms with Gasteiger partial charge in [-0.3, -0.25) is 9.78 Å². The molecular formula is C12H9FN2O2. The van der Waals surface area contributed by atoms with Gasteiger partial charge in [0, 0.05) is 11.9 Å². The molecule has 5 heteroatoms. The lowest BCUT2D eigenvalue weighted by Gasteiger charge is -2.04. The molecule has 0 spiro atoms. The van der Waals surface area contributed by atoms with Gasteiger partial charge in [0.1, 0.15) is 11.6 Å². The van der Waals surface area contributed by atoms with Crippen molar-refractivity contribution >= 4 is 11.6 Å². The monoisotopic (exact) mass is 232 g/mol. The first-order valence-electron chi connectivity index (χ1n) is 4.86. The third kappa shape index (κ3) is 2.78. The standard InChI is InChI=1S/C12H9FN2O2/c13-9-2-1-3-10(5-9)15-12(17)8-4-11(16)7-14-6-8/h1-7,16H,(H,15,17). The van der Waals surface area contributed by atoms with Crippen LogP contribution in [0.25, 0.3) is 0 Å². The van der Waals surface area contributed by atoms with E-state index in [0.717, 1.165) is 0 Å². The van der Waals surface area contributed by atoms with Crippen molar-refractivity contribution in [1.29, 1.82) is 0 Å². The molecule has 1 amide bonds. The van der Waals surface area contributed by atoms with Crippen LogP contribution in [0.4, 0.5) is 10.1 Å². The predicted octanol–water partition coefficient (Wildman–Crippen LogP) is 2.18. The smallest absolute Gasteiger partial charge is 0.257 e.